The van der Waals surface area contributed by atoms with Gasteiger partial charge in [0.25, 0.3) is 10.0 Å². The molecule has 1 amide bonds. The third-order valence-electron chi connectivity index (χ3n) is 5.27. The summed E-state index contributed by atoms with van der Waals surface area (Å²) in [4.78, 5) is 24.7. The van der Waals surface area contributed by atoms with Gasteiger partial charge in [-0.05, 0) is 68.5 Å². The second-order valence-corrected chi connectivity index (χ2v) is 12.0. The van der Waals surface area contributed by atoms with Crippen molar-refractivity contribution in [2.24, 2.45) is 0 Å². The lowest BCUT2D eigenvalue weighted by atomic mass is 10.2. The summed E-state index contributed by atoms with van der Waals surface area (Å²) in [7, 11) is -3.78. The summed E-state index contributed by atoms with van der Waals surface area (Å²) in [6.07, 6.45) is 2.73. The predicted octanol–water partition coefficient (Wildman–Crippen LogP) is 4.18. The fraction of sp³-hybridized carbons (Fsp3) is 0.391. The number of pyridine rings is 1. The summed E-state index contributed by atoms with van der Waals surface area (Å²) in [6, 6.07) is 8.68. The lowest BCUT2D eigenvalue weighted by Crippen LogP contribution is -2.38. The van der Waals surface area contributed by atoms with Crippen LogP contribution in [-0.2, 0) is 19.6 Å². The zero-order valence-electron chi connectivity index (χ0n) is 19.5. The second kappa shape index (κ2) is 9.34. The molecule has 2 aromatic heterocycles. The van der Waals surface area contributed by atoms with Crippen molar-refractivity contribution in [3.05, 3.63) is 51.9 Å². The molecule has 11 heteroatoms. The highest BCUT2D eigenvalue weighted by Crippen LogP contribution is 2.29. The van der Waals surface area contributed by atoms with Gasteiger partial charge in [0.05, 0.1) is 29.9 Å². The zero-order chi connectivity index (χ0) is 24.7. The van der Waals surface area contributed by atoms with E-state index < -0.39 is 21.7 Å². The second-order valence-electron chi connectivity index (χ2n) is 9.06. The minimum Gasteiger partial charge on any atom is -0.442 e. The number of fused-ring (bicyclic) bond motifs is 1. The van der Waals surface area contributed by atoms with E-state index in [0.717, 1.165) is 20.2 Å². The molecule has 182 valence electrons. The van der Waals surface area contributed by atoms with Crippen LogP contribution in [0.15, 0.2) is 47.6 Å². The van der Waals surface area contributed by atoms with Gasteiger partial charge in [-0.3, -0.25) is 4.84 Å². The van der Waals surface area contributed by atoms with Crippen molar-refractivity contribution in [3.8, 4) is 0 Å². The number of halogens is 1. The van der Waals surface area contributed by atoms with Crippen LogP contribution < -0.4 is 4.90 Å². The molecule has 0 N–H and O–H groups in total. The molecule has 34 heavy (non-hydrogen) atoms. The number of ether oxygens (including phenoxy) is 1. The van der Waals surface area contributed by atoms with E-state index in [1.807, 2.05) is 33.8 Å². The average molecular weight is 598 g/mol. The number of nitrogens with zero attached hydrogens (tertiary/aromatic N) is 4. The van der Waals surface area contributed by atoms with Crippen molar-refractivity contribution >= 4 is 55.4 Å². The number of aromatic nitrogens is 2. The number of aryl methyl sites for hydroxylation is 1. The molecule has 1 aliphatic heterocycles. The van der Waals surface area contributed by atoms with E-state index in [2.05, 4.69) is 32.5 Å². The number of carbonyl (C=O) groups is 1. The molecule has 3 heterocycles. The van der Waals surface area contributed by atoms with Crippen LogP contribution in [0.4, 0.5) is 10.5 Å². The summed E-state index contributed by atoms with van der Waals surface area (Å²) in [5, 5.41) is 1.98. The van der Waals surface area contributed by atoms with Crippen molar-refractivity contribution in [1.29, 1.82) is 0 Å². The number of hydrogen-bond donors (Lipinski definition) is 0. The highest BCUT2D eigenvalue weighted by atomic mass is 127. The Balaban J connectivity index is 1.59. The van der Waals surface area contributed by atoms with Crippen LogP contribution in [0.5, 0.6) is 0 Å². The Hall–Kier alpha value is -2.38. The highest BCUT2D eigenvalue weighted by molar-refractivity contribution is 14.1. The standard InChI is InChI=1S/C23H27IN4O5S/c1-16-5-7-18(8-6-16)34(30,31)28-15-20(24)19-13-17(14-25-21(19)28)26-9-10-27(32-12-11-26)22(29)33-23(2,3)4/h5-8,13-15H,9-12H2,1-4H3. The molecule has 4 rings (SSSR count). The Morgan fingerprint density at radius 2 is 1.85 bits per heavy atom. The molecule has 0 atom stereocenters. The van der Waals surface area contributed by atoms with E-state index in [0.29, 0.717) is 31.9 Å². The molecular formula is C23H27IN4O5S. The first-order chi connectivity index (χ1) is 16.0. The van der Waals surface area contributed by atoms with Gasteiger partial charge in [0.1, 0.15) is 5.60 Å². The van der Waals surface area contributed by atoms with Gasteiger partial charge in [0.2, 0.25) is 0 Å². The molecule has 0 saturated carbocycles. The van der Waals surface area contributed by atoms with Gasteiger partial charge in [0, 0.05) is 28.2 Å². The summed E-state index contributed by atoms with van der Waals surface area (Å²) in [5.41, 5.74) is 1.57. The van der Waals surface area contributed by atoms with Gasteiger partial charge in [-0.15, -0.1) is 0 Å². The molecule has 9 nitrogen and oxygen atoms in total. The Labute approximate surface area is 212 Å². The van der Waals surface area contributed by atoms with E-state index in [1.54, 1.807) is 36.7 Å². The number of amides is 1. The molecule has 1 saturated heterocycles. The number of carbonyl (C=O) groups excluding carboxylic acids is 1. The molecule has 0 unspecified atom stereocenters. The fourth-order valence-corrected chi connectivity index (χ4v) is 5.76. The van der Waals surface area contributed by atoms with Crippen LogP contribution in [0.25, 0.3) is 11.0 Å². The maximum Gasteiger partial charge on any atom is 0.434 e. The summed E-state index contributed by atoms with van der Waals surface area (Å²) in [5.74, 6) is 0. The van der Waals surface area contributed by atoms with Crippen LogP contribution in [0, 0.1) is 10.5 Å². The maximum absolute atomic E-state index is 13.2. The minimum atomic E-state index is -3.78. The number of hydrogen-bond acceptors (Lipinski definition) is 7. The maximum atomic E-state index is 13.2. The van der Waals surface area contributed by atoms with Gasteiger partial charge >= 0.3 is 6.09 Å². The average Bonchev–Trinajstić information content (AvgIpc) is 2.94. The van der Waals surface area contributed by atoms with Crippen molar-refractivity contribution in [1.82, 2.24) is 14.0 Å². The molecule has 1 aromatic carbocycles. The minimum absolute atomic E-state index is 0.212. The lowest BCUT2D eigenvalue weighted by Gasteiger charge is -2.25. The molecule has 3 aromatic rings. The first-order valence-corrected chi connectivity index (χ1v) is 13.3. The quantitative estimate of drug-likeness (QED) is 0.418. The monoisotopic (exact) mass is 598 g/mol. The van der Waals surface area contributed by atoms with Gasteiger partial charge in [-0.2, -0.15) is 5.06 Å². The van der Waals surface area contributed by atoms with Crippen molar-refractivity contribution in [3.63, 3.8) is 0 Å². The predicted molar refractivity (Wildman–Crippen MR) is 137 cm³/mol. The van der Waals surface area contributed by atoms with E-state index in [9.17, 15) is 13.2 Å². The molecule has 0 radical (unpaired) electrons. The van der Waals surface area contributed by atoms with Crippen LogP contribution in [0.1, 0.15) is 26.3 Å². The van der Waals surface area contributed by atoms with E-state index in [-0.39, 0.29) is 4.90 Å². The fourth-order valence-electron chi connectivity index (χ4n) is 3.58. The van der Waals surface area contributed by atoms with Crippen molar-refractivity contribution in [2.45, 2.75) is 38.2 Å². The topological polar surface area (TPSA) is 94.0 Å². The Morgan fingerprint density at radius 3 is 2.53 bits per heavy atom. The van der Waals surface area contributed by atoms with Gasteiger partial charge in [-0.25, -0.2) is 22.2 Å². The van der Waals surface area contributed by atoms with E-state index in [4.69, 9.17) is 9.57 Å². The zero-order valence-corrected chi connectivity index (χ0v) is 22.5. The lowest BCUT2D eigenvalue weighted by molar-refractivity contribution is -0.137. The molecule has 0 bridgehead atoms. The van der Waals surface area contributed by atoms with E-state index >= 15 is 0 Å². The number of hydroxylamine groups is 2. The molecule has 0 aliphatic carbocycles. The first-order valence-electron chi connectivity index (χ1n) is 10.8. The van der Waals surface area contributed by atoms with Crippen molar-refractivity contribution in [2.75, 3.05) is 31.1 Å². The molecule has 0 spiro atoms. The third kappa shape index (κ3) is 5.15. The molecule has 1 aliphatic rings. The molecule has 1 fully saturated rings. The first kappa shape index (κ1) is 24.7. The van der Waals surface area contributed by atoms with Gasteiger partial charge in [0.15, 0.2) is 5.65 Å². The smallest absolute Gasteiger partial charge is 0.434 e. The summed E-state index contributed by atoms with van der Waals surface area (Å²) >= 11 is 2.13. The largest absolute Gasteiger partial charge is 0.442 e. The van der Waals surface area contributed by atoms with Crippen molar-refractivity contribution < 1.29 is 22.8 Å². The Morgan fingerprint density at radius 1 is 1.15 bits per heavy atom. The van der Waals surface area contributed by atoms with Gasteiger partial charge < -0.3 is 9.64 Å². The Bertz CT molecular complexity index is 1320. The Kier molecular flexibility index (Phi) is 6.80. The van der Waals surface area contributed by atoms with Crippen LogP contribution in [-0.4, -0.2) is 60.4 Å². The van der Waals surface area contributed by atoms with Crippen LogP contribution in [0.3, 0.4) is 0 Å². The van der Waals surface area contributed by atoms with Gasteiger partial charge in [-0.1, -0.05) is 17.7 Å². The number of benzene rings is 1. The summed E-state index contributed by atoms with van der Waals surface area (Å²) < 4.78 is 33.9. The van der Waals surface area contributed by atoms with E-state index in [1.165, 1.54) is 9.04 Å². The van der Waals surface area contributed by atoms with Crippen LogP contribution in [0.2, 0.25) is 0 Å². The van der Waals surface area contributed by atoms with Crippen LogP contribution >= 0.6 is 22.6 Å². The molecular weight excluding hydrogens is 571 g/mol. The number of rotatable bonds is 3. The summed E-state index contributed by atoms with van der Waals surface area (Å²) in [6.45, 7) is 9.03. The highest BCUT2D eigenvalue weighted by Gasteiger charge is 2.27. The normalized spacial score (nSPS) is 15.4. The SMILES string of the molecule is Cc1ccc(S(=O)(=O)n2cc(I)c3cc(N4CCON(C(=O)OC(C)(C)C)CC4)cnc32)cc1. The number of anilines is 1. The third-order valence-corrected chi connectivity index (χ3v) is 7.79.